The zero-order valence-electron chi connectivity index (χ0n) is 22.1. The number of carbonyl (C=O) groups is 3. The van der Waals surface area contributed by atoms with Gasteiger partial charge in [-0.25, -0.2) is 9.78 Å². The topological polar surface area (TPSA) is 116 Å². The molecule has 0 unspecified atom stereocenters. The first-order valence-electron chi connectivity index (χ1n) is 13.0. The first-order chi connectivity index (χ1) is 18.0. The van der Waals surface area contributed by atoms with Crippen LogP contribution in [0.25, 0.3) is 0 Å². The zero-order chi connectivity index (χ0) is 26.9. The van der Waals surface area contributed by atoms with E-state index in [1.165, 1.54) is 76.3 Å². The van der Waals surface area contributed by atoms with E-state index < -0.39 is 12.1 Å². The van der Waals surface area contributed by atoms with Crippen LogP contribution in [0, 0.1) is 0 Å². The Morgan fingerprint density at radius 3 is 2.24 bits per heavy atom. The van der Waals surface area contributed by atoms with Crippen molar-refractivity contribution in [1.82, 2.24) is 10.3 Å². The minimum absolute atomic E-state index is 0.0969. The largest absolute Gasteiger partial charge is 0.491 e. The van der Waals surface area contributed by atoms with Gasteiger partial charge in [0.2, 0.25) is 0 Å². The lowest BCUT2D eigenvalue weighted by atomic mass is 10.0. The second-order valence-corrected chi connectivity index (χ2v) is 8.66. The van der Waals surface area contributed by atoms with Crippen LogP contribution in [0.15, 0.2) is 36.5 Å². The molecule has 0 aliphatic carbocycles. The van der Waals surface area contributed by atoms with E-state index >= 15 is 0 Å². The molecule has 0 radical (unpaired) electrons. The molecule has 2 N–H and O–H groups in total. The van der Waals surface area contributed by atoms with Gasteiger partial charge >= 0.3 is 12.1 Å². The van der Waals surface area contributed by atoms with Gasteiger partial charge in [-0.05, 0) is 37.5 Å². The Balaban J connectivity index is 1.82. The summed E-state index contributed by atoms with van der Waals surface area (Å²) in [6, 6.07) is 9.25. The molecule has 2 rings (SSSR count). The standard InChI is InChI=1S/C28H39N3O6/c1-4-6-7-8-9-10-11-12-13-21-14-16-23(17-15-21)31-26(33)22-18-24(35-3)27(29-19-22)37-28(34)30-20-25(32)36-5-2/h14-19H,4-13,20H2,1-3H3,(H,30,34)(H,31,33). The van der Waals surface area contributed by atoms with E-state index in [1.54, 1.807) is 6.92 Å². The number of esters is 1. The van der Waals surface area contributed by atoms with Gasteiger partial charge in [-0.15, -0.1) is 0 Å². The van der Waals surface area contributed by atoms with E-state index in [1.807, 2.05) is 24.3 Å². The van der Waals surface area contributed by atoms with Crippen molar-refractivity contribution in [2.45, 2.75) is 71.6 Å². The first kappa shape index (κ1) is 29.6. The Labute approximate surface area is 219 Å². The fourth-order valence-corrected chi connectivity index (χ4v) is 3.68. The van der Waals surface area contributed by atoms with Crippen LogP contribution in [0.4, 0.5) is 10.5 Å². The van der Waals surface area contributed by atoms with Gasteiger partial charge in [-0.1, -0.05) is 64.0 Å². The quantitative estimate of drug-likeness (QED) is 0.219. The fourth-order valence-electron chi connectivity index (χ4n) is 3.68. The van der Waals surface area contributed by atoms with Crippen molar-refractivity contribution in [3.05, 3.63) is 47.7 Å². The van der Waals surface area contributed by atoms with Crippen molar-refractivity contribution in [2.75, 3.05) is 25.6 Å². The third-order valence-electron chi connectivity index (χ3n) is 5.70. The molecule has 2 amide bonds. The molecule has 37 heavy (non-hydrogen) atoms. The summed E-state index contributed by atoms with van der Waals surface area (Å²) in [7, 11) is 1.37. The van der Waals surface area contributed by atoms with E-state index in [2.05, 4.69) is 22.5 Å². The molecule has 0 saturated heterocycles. The summed E-state index contributed by atoms with van der Waals surface area (Å²) in [6.45, 7) is 3.77. The molecule has 9 nitrogen and oxygen atoms in total. The number of nitrogens with one attached hydrogen (secondary N) is 2. The summed E-state index contributed by atoms with van der Waals surface area (Å²) in [5.74, 6) is -1.00. The van der Waals surface area contributed by atoms with Gasteiger partial charge in [0.25, 0.3) is 11.8 Å². The molecule has 0 atom stereocenters. The van der Waals surface area contributed by atoms with Crippen molar-refractivity contribution in [1.29, 1.82) is 0 Å². The highest BCUT2D eigenvalue weighted by Crippen LogP contribution is 2.25. The van der Waals surface area contributed by atoms with Gasteiger partial charge in [-0.3, -0.25) is 9.59 Å². The van der Waals surface area contributed by atoms with Crippen LogP contribution >= 0.6 is 0 Å². The highest BCUT2D eigenvalue weighted by Gasteiger charge is 2.16. The molecule has 1 heterocycles. The highest BCUT2D eigenvalue weighted by molar-refractivity contribution is 6.04. The van der Waals surface area contributed by atoms with E-state index in [0.29, 0.717) is 5.69 Å². The summed E-state index contributed by atoms with van der Waals surface area (Å²) < 4.78 is 15.0. The van der Waals surface area contributed by atoms with Gasteiger partial charge in [0.1, 0.15) is 6.54 Å². The van der Waals surface area contributed by atoms with E-state index in [-0.39, 0.29) is 36.3 Å². The van der Waals surface area contributed by atoms with Crippen molar-refractivity contribution in [2.24, 2.45) is 0 Å². The van der Waals surface area contributed by atoms with Crippen molar-refractivity contribution in [3.8, 4) is 11.6 Å². The molecule has 1 aromatic carbocycles. The summed E-state index contributed by atoms with van der Waals surface area (Å²) in [4.78, 5) is 40.0. The van der Waals surface area contributed by atoms with Crippen LogP contribution in [-0.2, 0) is 16.0 Å². The lowest BCUT2D eigenvalue weighted by molar-refractivity contribution is -0.141. The molecule has 202 valence electrons. The third kappa shape index (κ3) is 11.3. The van der Waals surface area contributed by atoms with Crippen LogP contribution in [-0.4, -0.2) is 43.2 Å². The lowest BCUT2D eigenvalue weighted by Crippen LogP contribution is -2.33. The zero-order valence-corrected chi connectivity index (χ0v) is 22.1. The van der Waals surface area contributed by atoms with Gasteiger partial charge < -0.3 is 24.8 Å². The number of pyridine rings is 1. The average Bonchev–Trinajstić information content (AvgIpc) is 2.90. The number of amides is 2. The number of hydrogen-bond donors (Lipinski definition) is 2. The average molecular weight is 514 g/mol. The van der Waals surface area contributed by atoms with Crippen molar-refractivity contribution in [3.63, 3.8) is 0 Å². The van der Waals surface area contributed by atoms with Gasteiger partial charge in [-0.2, -0.15) is 0 Å². The van der Waals surface area contributed by atoms with E-state index in [0.717, 1.165) is 6.42 Å². The molecule has 2 aromatic rings. The normalized spacial score (nSPS) is 10.5. The molecule has 0 fully saturated rings. The van der Waals surface area contributed by atoms with Crippen LogP contribution in [0.3, 0.4) is 0 Å². The smallest absolute Gasteiger partial charge is 0.414 e. The summed E-state index contributed by atoms with van der Waals surface area (Å²) in [5.41, 5.74) is 2.15. The van der Waals surface area contributed by atoms with Crippen molar-refractivity contribution < 1.29 is 28.6 Å². The van der Waals surface area contributed by atoms with E-state index in [9.17, 15) is 14.4 Å². The minimum atomic E-state index is -0.900. The summed E-state index contributed by atoms with van der Waals surface area (Å²) >= 11 is 0. The predicted molar refractivity (Wildman–Crippen MR) is 142 cm³/mol. The first-order valence-corrected chi connectivity index (χ1v) is 13.0. The fraction of sp³-hybridized carbons (Fsp3) is 0.500. The Kier molecular flexibility index (Phi) is 13.6. The maximum Gasteiger partial charge on any atom is 0.414 e. The maximum absolute atomic E-state index is 12.7. The minimum Gasteiger partial charge on any atom is -0.491 e. The van der Waals surface area contributed by atoms with Crippen LogP contribution in [0.5, 0.6) is 11.6 Å². The summed E-state index contributed by atoms with van der Waals surface area (Å²) in [5, 5.41) is 5.10. The van der Waals surface area contributed by atoms with Crippen LogP contribution < -0.4 is 20.1 Å². The Hall–Kier alpha value is -3.62. The Morgan fingerprint density at radius 2 is 1.59 bits per heavy atom. The molecular weight excluding hydrogens is 474 g/mol. The van der Waals surface area contributed by atoms with Crippen LogP contribution in [0.2, 0.25) is 0 Å². The molecule has 0 saturated carbocycles. The Morgan fingerprint density at radius 1 is 0.919 bits per heavy atom. The number of benzene rings is 1. The number of hydrogen-bond acceptors (Lipinski definition) is 7. The molecule has 0 bridgehead atoms. The SMILES string of the molecule is CCCCCCCCCCc1ccc(NC(=O)c2cnc(OC(=O)NCC(=O)OCC)c(OC)c2)cc1. The molecular formula is C28H39N3O6. The van der Waals surface area contributed by atoms with Crippen LogP contribution in [0.1, 0.15) is 81.1 Å². The van der Waals surface area contributed by atoms with Gasteiger partial charge in [0.15, 0.2) is 5.75 Å². The highest BCUT2D eigenvalue weighted by atomic mass is 16.6. The number of unbranched alkanes of at least 4 members (excludes halogenated alkanes) is 7. The predicted octanol–water partition coefficient (Wildman–Crippen LogP) is 5.68. The third-order valence-corrected chi connectivity index (χ3v) is 5.70. The van der Waals surface area contributed by atoms with Gasteiger partial charge in [0, 0.05) is 18.0 Å². The number of aromatic nitrogens is 1. The molecule has 9 heteroatoms. The number of rotatable bonds is 16. The van der Waals surface area contributed by atoms with Crippen molar-refractivity contribution >= 4 is 23.7 Å². The number of nitrogens with zero attached hydrogens (tertiary/aromatic N) is 1. The number of ether oxygens (including phenoxy) is 3. The summed E-state index contributed by atoms with van der Waals surface area (Å²) in [6.07, 6.45) is 11.7. The number of carbonyl (C=O) groups excluding carboxylic acids is 3. The number of methoxy groups -OCH3 is 1. The molecule has 1 aromatic heterocycles. The molecule has 0 aliphatic heterocycles. The maximum atomic E-state index is 12.7. The molecule has 0 spiro atoms. The second kappa shape index (κ2) is 16.9. The molecule has 0 aliphatic rings. The van der Waals surface area contributed by atoms with E-state index in [4.69, 9.17) is 14.2 Å². The number of aryl methyl sites for hydroxylation is 1. The Bertz CT molecular complexity index is 994. The second-order valence-electron chi connectivity index (χ2n) is 8.66. The lowest BCUT2D eigenvalue weighted by Gasteiger charge is -2.11. The number of anilines is 1. The van der Waals surface area contributed by atoms with Gasteiger partial charge in [0.05, 0.1) is 19.3 Å². The monoisotopic (exact) mass is 513 g/mol.